The number of hydrogen-bond donors (Lipinski definition) is 1. The maximum absolute atomic E-state index is 11.1. The average molecular weight is 306 g/mol. The van der Waals surface area contributed by atoms with Gasteiger partial charge in [0.05, 0.1) is 14.2 Å². The lowest BCUT2D eigenvalue weighted by molar-refractivity contribution is -0.137. The molecule has 0 aliphatic heterocycles. The molecule has 0 spiro atoms. The van der Waals surface area contributed by atoms with Crippen LogP contribution in [0.5, 0.6) is 11.5 Å². The predicted octanol–water partition coefficient (Wildman–Crippen LogP) is 4.04. The van der Waals surface area contributed by atoms with Crippen LogP contribution in [0, 0.1) is 5.92 Å². The van der Waals surface area contributed by atoms with E-state index in [1.807, 2.05) is 31.2 Å². The van der Waals surface area contributed by atoms with Crippen molar-refractivity contribution in [3.8, 4) is 11.5 Å². The molecule has 122 valence electrons. The first-order valence-corrected chi connectivity index (χ1v) is 7.49. The molecule has 0 fully saturated rings. The minimum Gasteiger partial charge on any atom is -0.493 e. The molecule has 22 heavy (non-hydrogen) atoms. The van der Waals surface area contributed by atoms with Gasteiger partial charge in [-0.25, -0.2) is 0 Å². The van der Waals surface area contributed by atoms with Crippen LogP contribution in [0.2, 0.25) is 0 Å². The highest BCUT2D eigenvalue weighted by atomic mass is 16.5. The molecule has 0 amide bonds. The summed E-state index contributed by atoms with van der Waals surface area (Å²) in [7, 11) is 3.20. The summed E-state index contributed by atoms with van der Waals surface area (Å²) in [5, 5.41) is 9.09. The van der Waals surface area contributed by atoms with Gasteiger partial charge in [0.2, 0.25) is 0 Å². The molecule has 0 radical (unpaired) electrons. The van der Waals surface area contributed by atoms with Gasteiger partial charge in [-0.05, 0) is 37.0 Å². The first-order chi connectivity index (χ1) is 10.4. The monoisotopic (exact) mass is 306 g/mol. The molecule has 0 saturated carbocycles. The van der Waals surface area contributed by atoms with E-state index in [1.165, 1.54) is 0 Å². The maximum atomic E-state index is 11.1. The minimum atomic E-state index is -0.782. The Morgan fingerprint density at radius 1 is 1.27 bits per heavy atom. The second-order valence-electron chi connectivity index (χ2n) is 5.66. The van der Waals surface area contributed by atoms with E-state index in [9.17, 15) is 4.79 Å². The number of rotatable bonds is 8. The van der Waals surface area contributed by atoms with Crippen LogP contribution in [0.4, 0.5) is 0 Å². The fraction of sp³-hybridized carbons (Fsp3) is 0.500. The van der Waals surface area contributed by atoms with Gasteiger partial charge >= 0.3 is 5.97 Å². The summed E-state index contributed by atoms with van der Waals surface area (Å²) >= 11 is 0. The summed E-state index contributed by atoms with van der Waals surface area (Å²) in [6.07, 6.45) is 4.75. The summed E-state index contributed by atoms with van der Waals surface area (Å²) in [5.74, 6) is 0.795. The third-order valence-corrected chi connectivity index (χ3v) is 4.17. The molecule has 0 aliphatic rings. The topological polar surface area (TPSA) is 55.8 Å². The standard InChI is InChI=1S/C18H26O4/c1-6-10-18(13(2)3,11-9-17(19)20)14-7-8-15(21-4)16(12-14)22-5/h6-8,10,12-13H,9,11H2,1-5H3,(H,19,20)/b10-6+/t18-/m0/s1. The number of carboxylic acid groups (broad SMARTS) is 1. The van der Waals surface area contributed by atoms with Crippen molar-refractivity contribution in [2.75, 3.05) is 14.2 Å². The first-order valence-electron chi connectivity index (χ1n) is 7.49. The molecule has 0 heterocycles. The van der Waals surface area contributed by atoms with Crippen molar-refractivity contribution < 1.29 is 19.4 Å². The molecule has 1 N–H and O–H groups in total. The first kappa shape index (κ1) is 18.1. The lowest BCUT2D eigenvalue weighted by Crippen LogP contribution is -2.31. The Labute approximate surface area is 132 Å². The van der Waals surface area contributed by atoms with E-state index in [1.54, 1.807) is 14.2 Å². The molecule has 0 bridgehead atoms. The van der Waals surface area contributed by atoms with Gasteiger partial charge in [-0.15, -0.1) is 0 Å². The highest BCUT2D eigenvalue weighted by molar-refractivity contribution is 5.67. The van der Waals surface area contributed by atoms with Crippen molar-refractivity contribution in [3.63, 3.8) is 0 Å². The predicted molar refractivity (Wildman–Crippen MR) is 87.7 cm³/mol. The van der Waals surface area contributed by atoms with Crippen LogP contribution in [-0.2, 0) is 10.2 Å². The van der Waals surface area contributed by atoms with E-state index in [0.717, 1.165) is 5.56 Å². The van der Waals surface area contributed by atoms with Crippen molar-refractivity contribution in [2.24, 2.45) is 5.92 Å². The van der Waals surface area contributed by atoms with Crippen LogP contribution >= 0.6 is 0 Å². The lowest BCUT2D eigenvalue weighted by Gasteiger charge is -2.36. The highest BCUT2D eigenvalue weighted by Crippen LogP contribution is 2.41. The molecule has 1 atom stereocenters. The molecule has 1 aromatic rings. The van der Waals surface area contributed by atoms with Crippen molar-refractivity contribution in [3.05, 3.63) is 35.9 Å². The fourth-order valence-electron chi connectivity index (χ4n) is 2.88. The van der Waals surface area contributed by atoms with Crippen LogP contribution in [0.3, 0.4) is 0 Å². The number of benzene rings is 1. The molecule has 4 nitrogen and oxygen atoms in total. The van der Waals surface area contributed by atoms with Crippen molar-refractivity contribution in [2.45, 2.75) is 39.0 Å². The Bertz CT molecular complexity index is 534. The number of hydrogen-bond acceptors (Lipinski definition) is 3. The number of allylic oxidation sites excluding steroid dienone is 2. The van der Waals surface area contributed by atoms with Gasteiger partial charge in [-0.2, -0.15) is 0 Å². The van der Waals surface area contributed by atoms with Crippen LogP contribution < -0.4 is 9.47 Å². The summed E-state index contributed by atoms with van der Waals surface area (Å²) in [6.45, 7) is 6.18. The number of carboxylic acids is 1. The molecule has 0 saturated heterocycles. The highest BCUT2D eigenvalue weighted by Gasteiger charge is 2.34. The maximum Gasteiger partial charge on any atom is 0.303 e. The number of ether oxygens (including phenoxy) is 2. The SMILES string of the molecule is C/C=C/[C@@](CCC(=O)O)(c1ccc(OC)c(OC)c1)C(C)C. The Morgan fingerprint density at radius 2 is 1.91 bits per heavy atom. The van der Waals surface area contributed by atoms with Crippen molar-refractivity contribution >= 4 is 5.97 Å². The lowest BCUT2D eigenvalue weighted by atomic mass is 9.68. The van der Waals surface area contributed by atoms with Crippen LogP contribution in [0.15, 0.2) is 30.4 Å². The average Bonchev–Trinajstić information content (AvgIpc) is 2.50. The van der Waals surface area contributed by atoms with Gasteiger partial charge in [0.25, 0.3) is 0 Å². The summed E-state index contributed by atoms with van der Waals surface area (Å²) < 4.78 is 10.7. The number of carbonyl (C=O) groups is 1. The molecule has 0 unspecified atom stereocenters. The summed E-state index contributed by atoms with van der Waals surface area (Å²) in [6, 6.07) is 5.81. The molecule has 1 aromatic carbocycles. The van der Waals surface area contributed by atoms with Gasteiger partial charge in [0, 0.05) is 11.8 Å². The normalized spacial score (nSPS) is 14.1. The van der Waals surface area contributed by atoms with Gasteiger partial charge in [0.1, 0.15) is 0 Å². The largest absolute Gasteiger partial charge is 0.493 e. The number of aliphatic carboxylic acids is 1. The van der Waals surface area contributed by atoms with E-state index in [-0.39, 0.29) is 17.8 Å². The van der Waals surface area contributed by atoms with E-state index < -0.39 is 5.97 Å². The van der Waals surface area contributed by atoms with Crippen LogP contribution in [0.25, 0.3) is 0 Å². The third kappa shape index (κ3) is 3.81. The third-order valence-electron chi connectivity index (χ3n) is 4.17. The van der Waals surface area contributed by atoms with Gasteiger partial charge in [0.15, 0.2) is 11.5 Å². The molecule has 0 aromatic heterocycles. The van der Waals surface area contributed by atoms with E-state index in [0.29, 0.717) is 17.9 Å². The molecule has 4 heteroatoms. The smallest absolute Gasteiger partial charge is 0.303 e. The van der Waals surface area contributed by atoms with Crippen LogP contribution in [-0.4, -0.2) is 25.3 Å². The van der Waals surface area contributed by atoms with Gasteiger partial charge in [-0.1, -0.05) is 32.1 Å². The Balaban J connectivity index is 3.39. The zero-order valence-corrected chi connectivity index (χ0v) is 14.1. The quantitative estimate of drug-likeness (QED) is 0.736. The fourth-order valence-corrected chi connectivity index (χ4v) is 2.88. The Kier molecular flexibility index (Phi) is 6.47. The number of methoxy groups -OCH3 is 2. The second kappa shape index (κ2) is 7.87. The van der Waals surface area contributed by atoms with Gasteiger partial charge < -0.3 is 14.6 Å². The molecular formula is C18H26O4. The van der Waals surface area contributed by atoms with Crippen LogP contribution in [0.1, 0.15) is 39.2 Å². The molecule has 0 aliphatic carbocycles. The van der Waals surface area contributed by atoms with Crippen molar-refractivity contribution in [1.29, 1.82) is 0 Å². The zero-order chi connectivity index (χ0) is 16.8. The van der Waals surface area contributed by atoms with Crippen molar-refractivity contribution in [1.82, 2.24) is 0 Å². The summed E-state index contributed by atoms with van der Waals surface area (Å²) in [4.78, 5) is 11.1. The Hall–Kier alpha value is -1.97. The molecule has 1 rings (SSSR count). The van der Waals surface area contributed by atoms with E-state index in [4.69, 9.17) is 14.6 Å². The van der Waals surface area contributed by atoms with Gasteiger partial charge in [-0.3, -0.25) is 4.79 Å². The van der Waals surface area contributed by atoms with E-state index in [2.05, 4.69) is 19.9 Å². The Morgan fingerprint density at radius 3 is 2.36 bits per heavy atom. The zero-order valence-electron chi connectivity index (χ0n) is 14.1. The summed E-state index contributed by atoms with van der Waals surface area (Å²) in [5.41, 5.74) is 0.701. The van der Waals surface area contributed by atoms with E-state index >= 15 is 0 Å². The second-order valence-corrected chi connectivity index (χ2v) is 5.66. The minimum absolute atomic E-state index is 0.122. The molecular weight excluding hydrogens is 280 g/mol.